The Morgan fingerprint density at radius 2 is 1.92 bits per heavy atom. The molecular weight excluding hydrogens is 328 g/mol. The summed E-state index contributed by atoms with van der Waals surface area (Å²) in [4.78, 5) is 15.1. The van der Waals surface area contributed by atoms with Gasteiger partial charge in [-0.05, 0) is 43.8 Å². The van der Waals surface area contributed by atoms with Crippen molar-refractivity contribution in [2.45, 2.75) is 31.7 Å². The fourth-order valence-electron chi connectivity index (χ4n) is 4.21. The summed E-state index contributed by atoms with van der Waals surface area (Å²) >= 11 is 0. The van der Waals surface area contributed by atoms with Crippen LogP contribution >= 0.6 is 0 Å². The molecule has 4 rings (SSSR count). The third kappa shape index (κ3) is 3.76. The largest absolute Gasteiger partial charge is 0.381 e. The van der Waals surface area contributed by atoms with Gasteiger partial charge >= 0.3 is 5.69 Å². The number of ether oxygens (including phenoxy) is 1. The summed E-state index contributed by atoms with van der Waals surface area (Å²) in [5.74, 6) is 2.01. The molecule has 0 spiro atoms. The standard InChI is InChI=1S/C20H28N4O2/c1-22-20(25)24(14-16-5-3-2-4-6-16)19(21-22)18-7-10-23(11-8-18)13-17-9-12-26-15-17/h2-6,17-18H,7-15H2,1H3. The zero-order valence-corrected chi connectivity index (χ0v) is 15.5. The molecule has 0 bridgehead atoms. The maximum absolute atomic E-state index is 12.6. The number of piperidine rings is 1. The highest BCUT2D eigenvalue weighted by Gasteiger charge is 2.28. The minimum absolute atomic E-state index is 0.0191. The third-order valence-corrected chi connectivity index (χ3v) is 5.71. The van der Waals surface area contributed by atoms with Crippen LogP contribution in [0.5, 0.6) is 0 Å². The van der Waals surface area contributed by atoms with E-state index in [0.29, 0.717) is 18.4 Å². The fraction of sp³-hybridized carbons (Fsp3) is 0.600. The summed E-state index contributed by atoms with van der Waals surface area (Å²) in [6.07, 6.45) is 3.33. The highest BCUT2D eigenvalue weighted by atomic mass is 16.5. The van der Waals surface area contributed by atoms with E-state index in [2.05, 4.69) is 22.1 Å². The molecule has 0 aliphatic carbocycles. The predicted molar refractivity (Wildman–Crippen MR) is 100 cm³/mol. The molecule has 0 radical (unpaired) electrons. The van der Waals surface area contributed by atoms with Gasteiger partial charge in [0, 0.05) is 26.1 Å². The van der Waals surface area contributed by atoms with Gasteiger partial charge in [-0.2, -0.15) is 5.10 Å². The Morgan fingerprint density at radius 1 is 1.15 bits per heavy atom. The normalized spacial score (nSPS) is 22.1. The Morgan fingerprint density at radius 3 is 2.62 bits per heavy atom. The topological polar surface area (TPSA) is 52.3 Å². The molecule has 2 fully saturated rings. The van der Waals surface area contributed by atoms with Crippen molar-refractivity contribution in [1.82, 2.24) is 19.2 Å². The smallest absolute Gasteiger partial charge is 0.345 e. The zero-order chi connectivity index (χ0) is 17.9. The van der Waals surface area contributed by atoms with Gasteiger partial charge in [0.25, 0.3) is 0 Å². The first-order valence-electron chi connectivity index (χ1n) is 9.68. The number of rotatable bonds is 5. The molecule has 3 heterocycles. The highest BCUT2D eigenvalue weighted by Crippen LogP contribution is 2.27. The van der Waals surface area contributed by atoms with E-state index in [9.17, 15) is 4.79 Å². The summed E-state index contributed by atoms with van der Waals surface area (Å²) < 4.78 is 8.85. The van der Waals surface area contributed by atoms with Crippen molar-refractivity contribution in [2.75, 3.05) is 32.8 Å². The first kappa shape index (κ1) is 17.5. The van der Waals surface area contributed by atoms with E-state index in [1.165, 1.54) is 11.1 Å². The third-order valence-electron chi connectivity index (χ3n) is 5.71. The Labute approximate surface area is 154 Å². The Balaban J connectivity index is 1.45. The van der Waals surface area contributed by atoms with Crippen LogP contribution in [0, 0.1) is 5.92 Å². The van der Waals surface area contributed by atoms with Crippen molar-refractivity contribution < 1.29 is 4.74 Å². The quantitative estimate of drug-likeness (QED) is 0.820. The Hall–Kier alpha value is -1.92. The van der Waals surface area contributed by atoms with Gasteiger partial charge in [-0.25, -0.2) is 9.48 Å². The Kier molecular flexibility index (Phi) is 5.22. The van der Waals surface area contributed by atoms with Crippen molar-refractivity contribution in [2.24, 2.45) is 13.0 Å². The van der Waals surface area contributed by atoms with Crippen LogP contribution < -0.4 is 5.69 Å². The van der Waals surface area contributed by atoms with E-state index in [4.69, 9.17) is 4.74 Å². The van der Waals surface area contributed by atoms with Crippen LogP contribution in [0.3, 0.4) is 0 Å². The molecule has 1 unspecified atom stereocenters. The van der Waals surface area contributed by atoms with E-state index < -0.39 is 0 Å². The van der Waals surface area contributed by atoms with E-state index in [-0.39, 0.29) is 5.69 Å². The zero-order valence-electron chi connectivity index (χ0n) is 15.5. The lowest BCUT2D eigenvalue weighted by molar-refractivity contribution is 0.150. The monoisotopic (exact) mass is 356 g/mol. The molecule has 0 amide bonds. The number of aromatic nitrogens is 3. The maximum Gasteiger partial charge on any atom is 0.345 e. The minimum Gasteiger partial charge on any atom is -0.381 e. The SMILES string of the molecule is Cn1nc(C2CCN(CC3CCOC3)CC2)n(Cc2ccccc2)c1=O. The summed E-state index contributed by atoms with van der Waals surface area (Å²) in [5, 5.41) is 4.59. The second-order valence-corrected chi connectivity index (χ2v) is 7.64. The first-order valence-corrected chi connectivity index (χ1v) is 9.68. The fourth-order valence-corrected chi connectivity index (χ4v) is 4.21. The number of hydrogen-bond donors (Lipinski definition) is 0. The van der Waals surface area contributed by atoms with Crippen LogP contribution in [0.4, 0.5) is 0 Å². The summed E-state index contributed by atoms with van der Waals surface area (Å²) in [7, 11) is 1.75. The van der Waals surface area contributed by atoms with Crippen molar-refractivity contribution in [1.29, 1.82) is 0 Å². The second-order valence-electron chi connectivity index (χ2n) is 7.64. The van der Waals surface area contributed by atoms with E-state index in [1.807, 2.05) is 22.8 Å². The van der Waals surface area contributed by atoms with Crippen molar-refractivity contribution in [3.63, 3.8) is 0 Å². The predicted octanol–water partition coefficient (Wildman–Crippen LogP) is 1.85. The maximum atomic E-state index is 12.6. The average Bonchev–Trinajstić information content (AvgIpc) is 3.27. The highest BCUT2D eigenvalue weighted by molar-refractivity contribution is 5.16. The molecule has 140 valence electrons. The lowest BCUT2D eigenvalue weighted by Crippen LogP contribution is -2.37. The molecule has 2 aliphatic heterocycles. The molecule has 1 aromatic carbocycles. The molecule has 1 atom stereocenters. The van der Waals surface area contributed by atoms with Crippen LogP contribution in [-0.4, -0.2) is 52.1 Å². The van der Waals surface area contributed by atoms with Crippen molar-refractivity contribution in [3.05, 3.63) is 52.2 Å². The Bertz CT molecular complexity index is 769. The van der Waals surface area contributed by atoms with Crippen LogP contribution in [-0.2, 0) is 18.3 Å². The van der Waals surface area contributed by atoms with Crippen LogP contribution in [0.25, 0.3) is 0 Å². The molecule has 2 aliphatic rings. The van der Waals surface area contributed by atoms with Gasteiger partial charge < -0.3 is 9.64 Å². The second kappa shape index (κ2) is 7.76. The summed E-state index contributed by atoms with van der Waals surface area (Å²) in [6, 6.07) is 10.2. The summed E-state index contributed by atoms with van der Waals surface area (Å²) in [5.41, 5.74) is 1.12. The van der Waals surface area contributed by atoms with Gasteiger partial charge in [-0.15, -0.1) is 0 Å². The van der Waals surface area contributed by atoms with Crippen molar-refractivity contribution >= 4 is 0 Å². The van der Waals surface area contributed by atoms with E-state index >= 15 is 0 Å². The molecule has 2 saturated heterocycles. The van der Waals surface area contributed by atoms with Gasteiger partial charge in [-0.1, -0.05) is 30.3 Å². The average molecular weight is 356 g/mol. The number of aryl methyl sites for hydroxylation is 1. The lowest BCUT2D eigenvalue weighted by atomic mass is 9.95. The van der Waals surface area contributed by atoms with Crippen LogP contribution in [0.2, 0.25) is 0 Å². The molecule has 0 saturated carbocycles. The lowest BCUT2D eigenvalue weighted by Gasteiger charge is -2.32. The van der Waals surface area contributed by atoms with Crippen LogP contribution in [0.1, 0.15) is 36.6 Å². The molecule has 6 heteroatoms. The number of benzene rings is 1. The first-order chi connectivity index (χ1) is 12.7. The number of hydrogen-bond acceptors (Lipinski definition) is 4. The summed E-state index contributed by atoms with van der Waals surface area (Å²) in [6.45, 7) is 5.74. The van der Waals surface area contributed by atoms with Gasteiger partial charge in [0.15, 0.2) is 0 Å². The van der Waals surface area contributed by atoms with E-state index in [1.54, 1.807) is 7.05 Å². The van der Waals surface area contributed by atoms with E-state index in [0.717, 1.165) is 57.1 Å². The molecule has 6 nitrogen and oxygen atoms in total. The molecular formula is C20H28N4O2. The van der Waals surface area contributed by atoms with Crippen molar-refractivity contribution in [3.8, 4) is 0 Å². The molecule has 1 aromatic heterocycles. The molecule has 2 aromatic rings. The van der Waals surface area contributed by atoms with Gasteiger partial charge in [-0.3, -0.25) is 4.57 Å². The molecule has 0 N–H and O–H groups in total. The number of likely N-dealkylation sites (tertiary alicyclic amines) is 1. The van der Waals surface area contributed by atoms with Crippen LogP contribution in [0.15, 0.2) is 35.1 Å². The van der Waals surface area contributed by atoms with Gasteiger partial charge in [0.05, 0.1) is 13.2 Å². The molecule has 26 heavy (non-hydrogen) atoms. The van der Waals surface area contributed by atoms with Gasteiger partial charge in [0.2, 0.25) is 0 Å². The van der Waals surface area contributed by atoms with Gasteiger partial charge in [0.1, 0.15) is 5.82 Å². The number of nitrogens with zero attached hydrogens (tertiary/aromatic N) is 4. The minimum atomic E-state index is -0.0191.